The molecule has 0 aliphatic heterocycles. The number of aliphatic carboxylic acids is 1. The first-order chi connectivity index (χ1) is 6.11. The van der Waals surface area contributed by atoms with E-state index in [0.29, 0.717) is 18.7 Å². The number of hydrogen-bond acceptors (Lipinski definition) is 2. The topological polar surface area (TPSA) is 79.1 Å². The van der Waals surface area contributed by atoms with Crippen molar-refractivity contribution in [2.45, 2.75) is 18.8 Å². The third kappa shape index (κ3) is 1.72. The summed E-state index contributed by atoms with van der Waals surface area (Å²) in [5.41, 5.74) is 5.19. The summed E-state index contributed by atoms with van der Waals surface area (Å²) in [5, 5.41) is 9.06. The lowest BCUT2D eigenvalue weighted by molar-refractivity contribution is -0.143. The Labute approximate surface area is 76.8 Å². The lowest BCUT2D eigenvalue weighted by atomic mass is 9.83. The van der Waals surface area contributed by atoms with Gasteiger partial charge in [0.05, 0.1) is 0 Å². The second kappa shape index (κ2) is 3.62. The van der Waals surface area contributed by atoms with E-state index in [0.717, 1.165) is 0 Å². The highest BCUT2D eigenvalue weighted by molar-refractivity contribution is 5.80. The number of aromatic nitrogens is 1. The summed E-state index contributed by atoms with van der Waals surface area (Å²) in [6.45, 7) is 2.04. The van der Waals surface area contributed by atoms with E-state index >= 15 is 0 Å². The Bertz CT molecular complexity index is 282. The lowest BCUT2D eigenvalue weighted by Gasteiger charge is -2.22. The Balaban J connectivity index is 2.98. The van der Waals surface area contributed by atoms with Gasteiger partial charge in [0.1, 0.15) is 5.41 Å². The molecule has 0 bridgehead atoms. The van der Waals surface area contributed by atoms with E-state index in [1.807, 2.05) is 0 Å². The van der Waals surface area contributed by atoms with Crippen LogP contribution in [0.3, 0.4) is 0 Å². The van der Waals surface area contributed by atoms with Gasteiger partial charge in [0.25, 0.3) is 0 Å². The lowest BCUT2D eigenvalue weighted by Crippen LogP contribution is -2.35. The fourth-order valence-electron chi connectivity index (χ4n) is 1.32. The Hall–Kier alpha value is -1.29. The average Bonchev–Trinajstić information content (AvgIpc) is 2.56. The van der Waals surface area contributed by atoms with Gasteiger partial charge in [0.2, 0.25) is 0 Å². The van der Waals surface area contributed by atoms with Crippen LogP contribution in [0.15, 0.2) is 18.3 Å². The van der Waals surface area contributed by atoms with Gasteiger partial charge in [-0.3, -0.25) is 4.79 Å². The Morgan fingerprint density at radius 2 is 2.46 bits per heavy atom. The van der Waals surface area contributed by atoms with Crippen molar-refractivity contribution in [2.24, 2.45) is 5.73 Å². The maximum absolute atomic E-state index is 11.0. The molecule has 1 unspecified atom stereocenters. The van der Waals surface area contributed by atoms with Crippen LogP contribution in [0.25, 0.3) is 0 Å². The molecule has 0 saturated heterocycles. The summed E-state index contributed by atoms with van der Waals surface area (Å²) in [6.07, 6.45) is 2.15. The van der Waals surface area contributed by atoms with Crippen molar-refractivity contribution >= 4 is 5.97 Å². The maximum Gasteiger partial charge on any atom is 0.315 e. The summed E-state index contributed by atoms with van der Waals surface area (Å²) in [6, 6.07) is 3.55. The molecule has 0 saturated carbocycles. The van der Waals surface area contributed by atoms with Crippen molar-refractivity contribution in [1.29, 1.82) is 0 Å². The van der Waals surface area contributed by atoms with Crippen LogP contribution in [0.4, 0.5) is 0 Å². The first kappa shape index (κ1) is 9.80. The zero-order valence-electron chi connectivity index (χ0n) is 7.58. The van der Waals surface area contributed by atoms with Crippen LogP contribution < -0.4 is 5.73 Å². The zero-order valence-corrected chi connectivity index (χ0v) is 7.58. The second-order valence-corrected chi connectivity index (χ2v) is 3.26. The monoisotopic (exact) mass is 182 g/mol. The summed E-state index contributed by atoms with van der Waals surface area (Å²) in [5.74, 6) is -0.847. The minimum absolute atomic E-state index is 0.363. The van der Waals surface area contributed by atoms with Gasteiger partial charge < -0.3 is 15.8 Å². The van der Waals surface area contributed by atoms with Gasteiger partial charge in [-0.1, -0.05) is 0 Å². The Morgan fingerprint density at radius 3 is 2.85 bits per heavy atom. The molecule has 72 valence electrons. The van der Waals surface area contributed by atoms with Gasteiger partial charge in [0.15, 0.2) is 0 Å². The van der Waals surface area contributed by atoms with Gasteiger partial charge in [0, 0.05) is 11.9 Å². The number of carboxylic acid groups (broad SMARTS) is 1. The zero-order chi connectivity index (χ0) is 9.90. The molecule has 0 aliphatic carbocycles. The predicted molar refractivity (Wildman–Crippen MR) is 49.5 cm³/mol. The molecule has 0 fully saturated rings. The van der Waals surface area contributed by atoms with E-state index in [4.69, 9.17) is 10.8 Å². The quantitative estimate of drug-likeness (QED) is 0.641. The molecule has 0 amide bonds. The van der Waals surface area contributed by atoms with Crippen molar-refractivity contribution < 1.29 is 9.90 Å². The van der Waals surface area contributed by atoms with Crippen LogP contribution in [0, 0.1) is 0 Å². The molecular formula is C9H14N2O2. The molecule has 0 radical (unpaired) electrons. The number of nitrogens with one attached hydrogen (secondary N) is 1. The highest BCUT2D eigenvalue weighted by atomic mass is 16.4. The third-order valence-corrected chi connectivity index (χ3v) is 2.31. The van der Waals surface area contributed by atoms with Crippen LogP contribution in [0.2, 0.25) is 0 Å². The molecule has 0 aromatic carbocycles. The van der Waals surface area contributed by atoms with Crippen LogP contribution in [0.5, 0.6) is 0 Å². The van der Waals surface area contributed by atoms with Crippen LogP contribution >= 0.6 is 0 Å². The van der Waals surface area contributed by atoms with Crippen molar-refractivity contribution in [2.75, 3.05) is 6.54 Å². The number of H-pyrrole nitrogens is 1. The van der Waals surface area contributed by atoms with Crippen LogP contribution in [-0.2, 0) is 10.2 Å². The molecular weight excluding hydrogens is 168 g/mol. The molecule has 0 spiro atoms. The SMILES string of the molecule is CC(CCN)(C(=O)O)c1ccc[nH]1. The van der Waals surface area contributed by atoms with E-state index in [9.17, 15) is 4.79 Å². The second-order valence-electron chi connectivity index (χ2n) is 3.26. The number of carbonyl (C=O) groups is 1. The van der Waals surface area contributed by atoms with E-state index in [2.05, 4.69) is 4.98 Å². The van der Waals surface area contributed by atoms with Crippen molar-refractivity contribution in [3.8, 4) is 0 Å². The standard InChI is InChI=1S/C9H14N2O2/c1-9(4-5-10,8(12)13)7-3-2-6-11-7/h2-3,6,11H,4-5,10H2,1H3,(H,12,13). The number of nitrogens with two attached hydrogens (primary N) is 1. The fourth-order valence-corrected chi connectivity index (χ4v) is 1.32. The summed E-state index contributed by atoms with van der Waals surface area (Å²) >= 11 is 0. The highest BCUT2D eigenvalue weighted by Gasteiger charge is 2.35. The molecule has 1 aromatic heterocycles. The molecule has 0 aliphatic rings. The fraction of sp³-hybridized carbons (Fsp3) is 0.444. The molecule has 1 atom stereocenters. The largest absolute Gasteiger partial charge is 0.481 e. The molecule has 4 heteroatoms. The van der Waals surface area contributed by atoms with Gasteiger partial charge >= 0.3 is 5.97 Å². The molecule has 1 rings (SSSR count). The van der Waals surface area contributed by atoms with Gasteiger partial charge in [-0.25, -0.2) is 0 Å². The number of hydrogen-bond donors (Lipinski definition) is 3. The van der Waals surface area contributed by atoms with Gasteiger partial charge in [-0.15, -0.1) is 0 Å². The predicted octanol–water partition coefficient (Wildman–Crippen LogP) is 0.706. The Morgan fingerprint density at radius 1 is 1.77 bits per heavy atom. The maximum atomic E-state index is 11.0. The van der Waals surface area contributed by atoms with E-state index < -0.39 is 11.4 Å². The molecule has 4 nitrogen and oxygen atoms in total. The minimum Gasteiger partial charge on any atom is -0.481 e. The van der Waals surface area contributed by atoms with E-state index in [1.54, 1.807) is 25.3 Å². The third-order valence-electron chi connectivity index (χ3n) is 2.31. The van der Waals surface area contributed by atoms with E-state index in [-0.39, 0.29) is 0 Å². The normalized spacial score (nSPS) is 15.2. The van der Waals surface area contributed by atoms with Crippen LogP contribution in [0.1, 0.15) is 19.0 Å². The molecule has 1 aromatic rings. The van der Waals surface area contributed by atoms with Gasteiger partial charge in [-0.05, 0) is 32.0 Å². The van der Waals surface area contributed by atoms with Crippen molar-refractivity contribution in [3.05, 3.63) is 24.0 Å². The number of carboxylic acids is 1. The molecule has 13 heavy (non-hydrogen) atoms. The number of aromatic amines is 1. The van der Waals surface area contributed by atoms with Gasteiger partial charge in [-0.2, -0.15) is 0 Å². The first-order valence-electron chi connectivity index (χ1n) is 4.18. The summed E-state index contributed by atoms with van der Waals surface area (Å²) in [4.78, 5) is 13.9. The molecule has 1 heterocycles. The van der Waals surface area contributed by atoms with Crippen molar-refractivity contribution in [3.63, 3.8) is 0 Å². The average molecular weight is 182 g/mol. The van der Waals surface area contributed by atoms with E-state index in [1.165, 1.54) is 0 Å². The van der Waals surface area contributed by atoms with Crippen molar-refractivity contribution in [1.82, 2.24) is 4.98 Å². The highest BCUT2D eigenvalue weighted by Crippen LogP contribution is 2.25. The summed E-state index contributed by atoms with van der Waals surface area (Å²) in [7, 11) is 0. The van der Waals surface area contributed by atoms with Crippen LogP contribution in [-0.4, -0.2) is 22.6 Å². The Kier molecular flexibility index (Phi) is 2.72. The number of rotatable bonds is 4. The summed E-state index contributed by atoms with van der Waals surface area (Å²) < 4.78 is 0. The minimum atomic E-state index is -0.891. The smallest absolute Gasteiger partial charge is 0.315 e. The first-order valence-corrected chi connectivity index (χ1v) is 4.18. The molecule has 4 N–H and O–H groups in total.